The standard InChI is InChI=1S/C43H70O8/c1-11-37(45)27-38(46)18-15-28(2)21-31(5)22-29(3)17-20-43(49)50-40-13-12-14-42(48)51-41(19-16-30(4)23-34(40)8)35(9)25-32(6)24-33(7)39(47)26-36(10)44/h15-17,20-22,24,33-41,44-47H,11-14,18-19,23,25-27H2,1-10H3/b20-17+,28-15+,29-22+,30-16+,31-21+,32-24+/t33-,34+,35+,36-,37+,38-,39-,40+,41-/m1/s1. The van der Waals surface area contributed by atoms with E-state index in [1.807, 2.05) is 65.8 Å². The van der Waals surface area contributed by atoms with Crippen LogP contribution in [0.25, 0.3) is 0 Å². The first-order chi connectivity index (χ1) is 23.9. The van der Waals surface area contributed by atoms with E-state index in [1.165, 1.54) is 6.08 Å². The van der Waals surface area contributed by atoms with Crippen molar-refractivity contribution in [3.05, 3.63) is 70.4 Å². The van der Waals surface area contributed by atoms with Crippen molar-refractivity contribution in [2.45, 2.75) is 170 Å². The number of ether oxygens (including phenoxy) is 2. The Kier molecular flexibility index (Phi) is 22.2. The highest BCUT2D eigenvalue weighted by Crippen LogP contribution is 2.27. The number of rotatable bonds is 17. The van der Waals surface area contributed by atoms with E-state index in [2.05, 4.69) is 26.8 Å². The molecule has 1 aliphatic heterocycles. The highest BCUT2D eigenvalue weighted by Gasteiger charge is 2.26. The van der Waals surface area contributed by atoms with Crippen molar-refractivity contribution in [1.29, 1.82) is 0 Å². The monoisotopic (exact) mass is 715 g/mol. The van der Waals surface area contributed by atoms with Crippen LogP contribution >= 0.6 is 0 Å². The predicted molar refractivity (Wildman–Crippen MR) is 207 cm³/mol. The van der Waals surface area contributed by atoms with E-state index >= 15 is 0 Å². The highest BCUT2D eigenvalue weighted by molar-refractivity contribution is 5.82. The Balaban J connectivity index is 2.87. The molecule has 0 aromatic heterocycles. The van der Waals surface area contributed by atoms with Crippen LogP contribution in [0.1, 0.15) is 133 Å². The van der Waals surface area contributed by atoms with E-state index in [4.69, 9.17) is 9.47 Å². The maximum atomic E-state index is 12.9. The summed E-state index contributed by atoms with van der Waals surface area (Å²) in [5.41, 5.74) is 5.19. The van der Waals surface area contributed by atoms with Crippen molar-refractivity contribution < 1.29 is 39.5 Å². The van der Waals surface area contributed by atoms with E-state index in [0.717, 1.165) is 40.7 Å². The summed E-state index contributed by atoms with van der Waals surface area (Å²) in [6, 6.07) is 0. The molecule has 8 heteroatoms. The van der Waals surface area contributed by atoms with Gasteiger partial charge in [-0.1, -0.05) is 92.0 Å². The molecule has 290 valence electrons. The Morgan fingerprint density at radius 1 is 0.980 bits per heavy atom. The Bertz CT molecular complexity index is 1250. The maximum Gasteiger partial charge on any atom is 0.331 e. The van der Waals surface area contributed by atoms with Crippen LogP contribution in [-0.4, -0.2) is 69.0 Å². The molecule has 0 fully saturated rings. The summed E-state index contributed by atoms with van der Waals surface area (Å²) in [7, 11) is 0. The Hall–Kier alpha value is -2.78. The summed E-state index contributed by atoms with van der Waals surface area (Å²) in [5, 5.41) is 39.8. The summed E-state index contributed by atoms with van der Waals surface area (Å²) in [4.78, 5) is 25.9. The average molecular weight is 715 g/mol. The van der Waals surface area contributed by atoms with Crippen LogP contribution < -0.4 is 0 Å². The van der Waals surface area contributed by atoms with Gasteiger partial charge < -0.3 is 29.9 Å². The van der Waals surface area contributed by atoms with E-state index in [-0.39, 0.29) is 42.4 Å². The fourth-order valence-corrected chi connectivity index (χ4v) is 6.56. The third-order valence-electron chi connectivity index (χ3n) is 9.53. The molecule has 4 N–H and O–H groups in total. The lowest BCUT2D eigenvalue weighted by molar-refractivity contribution is -0.152. The number of carbonyl (C=O) groups is 2. The number of cyclic esters (lactones) is 1. The minimum absolute atomic E-state index is 0.0741. The number of allylic oxidation sites excluding steroid dienone is 8. The van der Waals surface area contributed by atoms with Gasteiger partial charge in [0.05, 0.1) is 24.4 Å². The smallest absolute Gasteiger partial charge is 0.331 e. The van der Waals surface area contributed by atoms with Crippen LogP contribution in [0.4, 0.5) is 0 Å². The van der Waals surface area contributed by atoms with E-state index < -0.39 is 30.4 Å². The zero-order chi connectivity index (χ0) is 38.7. The summed E-state index contributed by atoms with van der Waals surface area (Å²) >= 11 is 0. The second-order valence-corrected chi connectivity index (χ2v) is 15.3. The molecule has 1 rings (SSSR count). The van der Waals surface area contributed by atoms with Crippen LogP contribution in [0.3, 0.4) is 0 Å². The molecule has 1 heterocycles. The molecule has 8 nitrogen and oxygen atoms in total. The molecule has 51 heavy (non-hydrogen) atoms. The van der Waals surface area contributed by atoms with Crippen LogP contribution in [-0.2, 0) is 19.1 Å². The third kappa shape index (κ3) is 20.7. The largest absolute Gasteiger partial charge is 0.462 e. The normalized spacial score (nSPS) is 25.4. The molecule has 0 spiro atoms. The number of hydrogen-bond acceptors (Lipinski definition) is 8. The molecule has 1 aliphatic rings. The second kappa shape index (κ2) is 24.5. The number of hydrogen-bond donors (Lipinski definition) is 4. The first-order valence-corrected chi connectivity index (χ1v) is 19.1. The van der Waals surface area contributed by atoms with Gasteiger partial charge >= 0.3 is 11.9 Å². The first-order valence-electron chi connectivity index (χ1n) is 19.1. The summed E-state index contributed by atoms with van der Waals surface area (Å²) in [6.07, 6.45) is 15.8. The minimum Gasteiger partial charge on any atom is -0.462 e. The quantitative estimate of drug-likeness (QED) is 0.0511. The predicted octanol–water partition coefficient (Wildman–Crippen LogP) is 8.40. The molecule has 0 radical (unpaired) electrons. The van der Waals surface area contributed by atoms with E-state index in [1.54, 1.807) is 13.0 Å². The lowest BCUT2D eigenvalue weighted by Crippen LogP contribution is -2.28. The molecule has 0 aliphatic carbocycles. The number of carbonyl (C=O) groups excluding carboxylic acids is 2. The molecule has 0 aromatic rings. The molecule has 0 aromatic carbocycles. The van der Waals surface area contributed by atoms with Crippen molar-refractivity contribution in [2.75, 3.05) is 0 Å². The fourth-order valence-electron chi connectivity index (χ4n) is 6.56. The number of esters is 2. The molecule has 9 atom stereocenters. The Morgan fingerprint density at radius 3 is 2.29 bits per heavy atom. The van der Waals surface area contributed by atoms with Crippen LogP contribution in [0.15, 0.2) is 70.4 Å². The van der Waals surface area contributed by atoms with E-state index in [9.17, 15) is 30.0 Å². The van der Waals surface area contributed by atoms with Crippen molar-refractivity contribution in [1.82, 2.24) is 0 Å². The van der Waals surface area contributed by atoms with Gasteiger partial charge in [-0.05, 0) is 105 Å². The van der Waals surface area contributed by atoms with E-state index in [0.29, 0.717) is 44.9 Å². The van der Waals surface area contributed by atoms with Gasteiger partial charge in [-0.15, -0.1) is 0 Å². The van der Waals surface area contributed by atoms with Gasteiger partial charge in [0, 0.05) is 24.8 Å². The average Bonchev–Trinajstić information content (AvgIpc) is 3.02. The molecule has 0 saturated heterocycles. The van der Waals surface area contributed by atoms with Crippen molar-refractivity contribution >= 4 is 11.9 Å². The zero-order valence-electron chi connectivity index (χ0n) is 33.2. The number of aliphatic hydroxyl groups is 4. The second-order valence-electron chi connectivity index (χ2n) is 15.3. The molecule has 0 saturated carbocycles. The molecule has 0 unspecified atom stereocenters. The van der Waals surface area contributed by atoms with Gasteiger partial charge in [-0.25, -0.2) is 4.79 Å². The SMILES string of the molecule is CC[C@H](O)C[C@H](O)C/C=C(C)/C=C(C)/C=C(C)/C=C/C(=O)O[C@H]1CCCC(=O)O[C@@H]([C@@H](C)C/C(C)=C/[C@@H](C)[C@H](O)C[C@@H](C)O)C/C=C(\C)C[C@@H]1C. The van der Waals surface area contributed by atoms with Gasteiger partial charge in [-0.2, -0.15) is 0 Å². The third-order valence-corrected chi connectivity index (χ3v) is 9.53. The Labute approximate surface area is 309 Å². The lowest BCUT2D eigenvalue weighted by Gasteiger charge is -2.27. The van der Waals surface area contributed by atoms with Gasteiger partial charge in [0.25, 0.3) is 0 Å². The summed E-state index contributed by atoms with van der Waals surface area (Å²) in [6.45, 7) is 19.7. The molecule has 0 amide bonds. The zero-order valence-corrected chi connectivity index (χ0v) is 33.2. The molecular weight excluding hydrogens is 644 g/mol. The van der Waals surface area contributed by atoms with Crippen molar-refractivity contribution in [3.63, 3.8) is 0 Å². The fraction of sp³-hybridized carbons (Fsp3) is 0.674. The first kappa shape index (κ1) is 46.2. The lowest BCUT2D eigenvalue weighted by atomic mass is 9.89. The van der Waals surface area contributed by atoms with Crippen molar-refractivity contribution in [3.8, 4) is 0 Å². The Morgan fingerprint density at radius 2 is 1.65 bits per heavy atom. The number of aliphatic hydroxyl groups excluding tert-OH is 4. The van der Waals surface area contributed by atoms with Crippen LogP contribution in [0.2, 0.25) is 0 Å². The van der Waals surface area contributed by atoms with Crippen LogP contribution in [0, 0.1) is 17.8 Å². The van der Waals surface area contributed by atoms with Gasteiger partial charge in [-0.3, -0.25) is 4.79 Å². The maximum absolute atomic E-state index is 12.9. The minimum atomic E-state index is -0.614. The van der Waals surface area contributed by atoms with Crippen LogP contribution in [0.5, 0.6) is 0 Å². The molecular formula is C43H70O8. The topological polar surface area (TPSA) is 134 Å². The van der Waals surface area contributed by atoms with Gasteiger partial charge in [0.1, 0.15) is 12.2 Å². The summed E-state index contributed by atoms with van der Waals surface area (Å²) < 4.78 is 11.9. The summed E-state index contributed by atoms with van der Waals surface area (Å²) in [5.74, 6) is -0.597. The molecule has 0 bridgehead atoms. The van der Waals surface area contributed by atoms with Gasteiger partial charge in [0.15, 0.2) is 0 Å². The van der Waals surface area contributed by atoms with Crippen molar-refractivity contribution in [2.24, 2.45) is 17.8 Å². The highest BCUT2D eigenvalue weighted by atomic mass is 16.5. The van der Waals surface area contributed by atoms with Gasteiger partial charge in [0.2, 0.25) is 0 Å².